The number of piperidine rings is 1. The molecule has 2 nitrogen and oxygen atoms in total. The SMILES string of the molecule is Fc1ccnc(C2CCCCN2)c1. The van der Waals surface area contributed by atoms with Gasteiger partial charge >= 0.3 is 0 Å². The smallest absolute Gasteiger partial charge is 0.126 e. The summed E-state index contributed by atoms with van der Waals surface area (Å²) in [5, 5.41) is 3.33. The maximum Gasteiger partial charge on any atom is 0.126 e. The molecule has 1 aromatic rings. The number of rotatable bonds is 1. The minimum Gasteiger partial charge on any atom is -0.309 e. The van der Waals surface area contributed by atoms with Crippen LogP contribution in [-0.4, -0.2) is 11.5 Å². The van der Waals surface area contributed by atoms with Crippen LogP contribution in [0.25, 0.3) is 0 Å². The molecule has 0 spiro atoms. The molecule has 2 rings (SSSR count). The predicted molar refractivity (Wildman–Crippen MR) is 48.8 cm³/mol. The lowest BCUT2D eigenvalue weighted by Gasteiger charge is -2.22. The molecule has 13 heavy (non-hydrogen) atoms. The number of aromatic nitrogens is 1. The van der Waals surface area contributed by atoms with Crippen LogP contribution in [0.5, 0.6) is 0 Å². The van der Waals surface area contributed by atoms with Crippen molar-refractivity contribution >= 4 is 0 Å². The van der Waals surface area contributed by atoms with E-state index in [-0.39, 0.29) is 11.9 Å². The molecule has 0 bridgehead atoms. The quantitative estimate of drug-likeness (QED) is 0.715. The van der Waals surface area contributed by atoms with Gasteiger partial charge in [0.25, 0.3) is 0 Å². The van der Waals surface area contributed by atoms with Crippen LogP contribution in [0.1, 0.15) is 31.0 Å². The summed E-state index contributed by atoms with van der Waals surface area (Å²) in [6, 6.07) is 3.15. The zero-order chi connectivity index (χ0) is 9.10. The van der Waals surface area contributed by atoms with Crippen molar-refractivity contribution in [1.82, 2.24) is 10.3 Å². The molecular formula is C10H13FN2. The van der Waals surface area contributed by atoms with E-state index < -0.39 is 0 Å². The highest BCUT2D eigenvalue weighted by atomic mass is 19.1. The van der Waals surface area contributed by atoms with E-state index in [1.807, 2.05) is 0 Å². The van der Waals surface area contributed by atoms with Crippen molar-refractivity contribution in [3.63, 3.8) is 0 Å². The molecule has 1 fully saturated rings. The largest absolute Gasteiger partial charge is 0.309 e. The van der Waals surface area contributed by atoms with Crippen molar-refractivity contribution in [2.24, 2.45) is 0 Å². The van der Waals surface area contributed by atoms with Crippen molar-refractivity contribution in [3.05, 3.63) is 29.8 Å². The summed E-state index contributed by atoms with van der Waals surface area (Å²) in [6.07, 6.45) is 5.01. The first-order valence-corrected chi connectivity index (χ1v) is 4.71. The van der Waals surface area contributed by atoms with Crippen LogP contribution < -0.4 is 5.32 Å². The molecule has 0 aliphatic carbocycles. The van der Waals surface area contributed by atoms with Gasteiger partial charge in [-0.15, -0.1) is 0 Å². The van der Waals surface area contributed by atoms with Crippen LogP contribution in [0.2, 0.25) is 0 Å². The molecule has 0 amide bonds. The second-order valence-corrected chi connectivity index (χ2v) is 3.40. The van der Waals surface area contributed by atoms with E-state index in [1.54, 1.807) is 0 Å². The average Bonchev–Trinajstić information content (AvgIpc) is 2.19. The molecule has 0 radical (unpaired) electrons. The molecule has 0 saturated carbocycles. The number of hydrogen-bond donors (Lipinski definition) is 1. The molecule has 2 heterocycles. The van der Waals surface area contributed by atoms with Crippen LogP contribution in [-0.2, 0) is 0 Å². The van der Waals surface area contributed by atoms with E-state index in [0.29, 0.717) is 0 Å². The lowest BCUT2D eigenvalue weighted by Crippen LogP contribution is -2.27. The van der Waals surface area contributed by atoms with Gasteiger partial charge in [0.1, 0.15) is 5.82 Å². The topological polar surface area (TPSA) is 24.9 Å². The van der Waals surface area contributed by atoms with Crippen molar-refractivity contribution < 1.29 is 4.39 Å². The Morgan fingerprint density at radius 1 is 1.46 bits per heavy atom. The molecule has 1 aromatic heterocycles. The zero-order valence-corrected chi connectivity index (χ0v) is 7.46. The highest BCUT2D eigenvalue weighted by molar-refractivity contribution is 5.10. The highest BCUT2D eigenvalue weighted by Crippen LogP contribution is 2.21. The molecule has 70 valence electrons. The molecule has 0 aromatic carbocycles. The lowest BCUT2D eigenvalue weighted by molar-refractivity contribution is 0.403. The maximum atomic E-state index is 12.9. The van der Waals surface area contributed by atoms with Gasteiger partial charge in [-0.2, -0.15) is 0 Å². The summed E-state index contributed by atoms with van der Waals surface area (Å²) in [6.45, 7) is 1.02. The molecule has 1 N–H and O–H groups in total. The van der Waals surface area contributed by atoms with Crippen LogP contribution in [0.4, 0.5) is 4.39 Å². The Balaban J connectivity index is 2.14. The van der Waals surface area contributed by atoms with Crippen LogP contribution >= 0.6 is 0 Å². The number of nitrogens with one attached hydrogen (secondary N) is 1. The first-order chi connectivity index (χ1) is 6.36. The monoisotopic (exact) mass is 180 g/mol. The summed E-state index contributed by atoms with van der Waals surface area (Å²) < 4.78 is 12.9. The molecule has 1 aliphatic rings. The van der Waals surface area contributed by atoms with Crippen molar-refractivity contribution in [2.75, 3.05) is 6.54 Å². The van der Waals surface area contributed by atoms with Crippen molar-refractivity contribution in [1.29, 1.82) is 0 Å². The summed E-state index contributed by atoms with van der Waals surface area (Å²) >= 11 is 0. The predicted octanol–water partition coefficient (Wildman–Crippen LogP) is 2.04. The molecule has 1 unspecified atom stereocenters. The Kier molecular flexibility index (Phi) is 2.54. The van der Waals surface area contributed by atoms with Gasteiger partial charge in [-0.3, -0.25) is 4.98 Å². The minimum atomic E-state index is -0.197. The van der Waals surface area contributed by atoms with Gasteiger partial charge in [-0.1, -0.05) is 6.42 Å². The Morgan fingerprint density at radius 3 is 3.08 bits per heavy atom. The normalized spacial score (nSPS) is 23.0. The van der Waals surface area contributed by atoms with Crippen molar-refractivity contribution in [2.45, 2.75) is 25.3 Å². The molecular weight excluding hydrogens is 167 g/mol. The van der Waals surface area contributed by atoms with Gasteiger partial charge < -0.3 is 5.32 Å². The Morgan fingerprint density at radius 2 is 2.38 bits per heavy atom. The van der Waals surface area contributed by atoms with Gasteiger partial charge in [-0.05, 0) is 31.5 Å². The fourth-order valence-electron chi connectivity index (χ4n) is 1.72. The third-order valence-corrected chi connectivity index (χ3v) is 2.41. The first-order valence-electron chi connectivity index (χ1n) is 4.71. The van der Waals surface area contributed by atoms with Crippen LogP contribution in [0.3, 0.4) is 0 Å². The van der Waals surface area contributed by atoms with E-state index in [2.05, 4.69) is 10.3 Å². The molecule has 1 saturated heterocycles. The second kappa shape index (κ2) is 3.83. The average molecular weight is 180 g/mol. The molecule has 1 aliphatic heterocycles. The van der Waals surface area contributed by atoms with E-state index in [0.717, 1.165) is 18.7 Å². The van der Waals surface area contributed by atoms with Gasteiger partial charge in [0.15, 0.2) is 0 Å². The standard InChI is InChI=1S/C10H13FN2/c11-8-4-6-13-10(7-8)9-3-1-2-5-12-9/h4,6-7,9,12H,1-3,5H2. The summed E-state index contributed by atoms with van der Waals surface area (Å²) in [5.74, 6) is -0.197. The fourth-order valence-corrected chi connectivity index (χ4v) is 1.72. The van der Waals surface area contributed by atoms with Crippen LogP contribution in [0, 0.1) is 5.82 Å². The second-order valence-electron chi connectivity index (χ2n) is 3.40. The number of halogens is 1. The van der Waals surface area contributed by atoms with Gasteiger partial charge in [0.05, 0.1) is 5.69 Å². The van der Waals surface area contributed by atoms with Gasteiger partial charge in [0, 0.05) is 12.2 Å². The van der Waals surface area contributed by atoms with Gasteiger partial charge in [-0.25, -0.2) is 4.39 Å². The summed E-state index contributed by atoms with van der Waals surface area (Å²) in [5.41, 5.74) is 0.833. The lowest BCUT2D eigenvalue weighted by atomic mass is 10.0. The number of pyridine rings is 1. The fraction of sp³-hybridized carbons (Fsp3) is 0.500. The van der Waals surface area contributed by atoms with Crippen molar-refractivity contribution in [3.8, 4) is 0 Å². The number of hydrogen-bond acceptors (Lipinski definition) is 2. The molecule has 3 heteroatoms. The summed E-state index contributed by atoms with van der Waals surface area (Å²) in [7, 11) is 0. The third-order valence-electron chi connectivity index (χ3n) is 2.41. The Bertz CT molecular complexity index is 282. The molecule has 1 atom stereocenters. The maximum absolute atomic E-state index is 12.9. The Labute approximate surface area is 77.2 Å². The van der Waals surface area contributed by atoms with Gasteiger partial charge in [0.2, 0.25) is 0 Å². The highest BCUT2D eigenvalue weighted by Gasteiger charge is 2.15. The van der Waals surface area contributed by atoms with E-state index in [4.69, 9.17) is 0 Å². The van der Waals surface area contributed by atoms with E-state index in [1.165, 1.54) is 31.2 Å². The number of nitrogens with zero attached hydrogens (tertiary/aromatic N) is 1. The van der Waals surface area contributed by atoms with E-state index in [9.17, 15) is 4.39 Å². The minimum absolute atomic E-state index is 0.197. The third kappa shape index (κ3) is 2.04. The Hall–Kier alpha value is -0.960. The first kappa shape index (κ1) is 8.63. The van der Waals surface area contributed by atoms with Crippen LogP contribution in [0.15, 0.2) is 18.3 Å². The zero-order valence-electron chi connectivity index (χ0n) is 7.46. The van der Waals surface area contributed by atoms with E-state index >= 15 is 0 Å². The summed E-state index contributed by atoms with van der Waals surface area (Å²) in [4.78, 5) is 4.16.